The van der Waals surface area contributed by atoms with Crippen molar-refractivity contribution in [3.05, 3.63) is 24.3 Å². The first-order chi connectivity index (χ1) is 9.81. The zero-order valence-corrected chi connectivity index (χ0v) is 16.6. The summed E-state index contributed by atoms with van der Waals surface area (Å²) in [5.41, 5.74) is 1.13. The zero-order valence-electron chi connectivity index (χ0n) is 12.3. The highest BCUT2D eigenvalue weighted by Crippen LogP contribution is 2.25. The van der Waals surface area contributed by atoms with Crippen molar-refractivity contribution in [1.82, 2.24) is 0 Å². The molecular formula is C14H22O2S5. The van der Waals surface area contributed by atoms with E-state index in [0.717, 1.165) is 11.5 Å². The highest BCUT2D eigenvalue weighted by Gasteiger charge is 2.17. The van der Waals surface area contributed by atoms with Crippen molar-refractivity contribution in [2.24, 2.45) is 0 Å². The summed E-state index contributed by atoms with van der Waals surface area (Å²) in [5, 5.41) is 0.356. The van der Waals surface area contributed by atoms with Gasteiger partial charge < -0.3 is 0 Å². The molecule has 0 bridgehead atoms. The molecule has 0 spiro atoms. The molecule has 0 aromatic carbocycles. The zero-order chi connectivity index (χ0) is 16.4. The van der Waals surface area contributed by atoms with Gasteiger partial charge in [0.15, 0.2) is 0 Å². The Bertz CT molecular complexity index is 359. The largest absolute Gasteiger partial charge is 0.282 e. The van der Waals surface area contributed by atoms with Gasteiger partial charge in [-0.15, -0.1) is 0 Å². The number of thiol groups is 2. The van der Waals surface area contributed by atoms with E-state index in [-0.39, 0.29) is 20.7 Å². The van der Waals surface area contributed by atoms with Crippen LogP contribution >= 0.6 is 60.5 Å². The van der Waals surface area contributed by atoms with Crippen LogP contribution in [-0.2, 0) is 9.59 Å². The molecule has 0 N–H and O–H groups in total. The molecule has 0 fully saturated rings. The summed E-state index contributed by atoms with van der Waals surface area (Å²) in [4.78, 5) is 23.3. The number of rotatable bonds is 10. The fourth-order valence-electron chi connectivity index (χ4n) is 1.08. The Labute approximate surface area is 151 Å². The Kier molecular flexibility index (Phi) is 12.4. The predicted octanol–water partition coefficient (Wildman–Crippen LogP) is 3.99. The van der Waals surface area contributed by atoms with Crippen molar-refractivity contribution in [2.45, 2.75) is 24.3 Å². The normalized spacial score (nSPS) is 13.5. The molecule has 2 atom stereocenters. The smallest absolute Gasteiger partial charge is 0.214 e. The highest BCUT2D eigenvalue weighted by atomic mass is 32.2. The van der Waals surface area contributed by atoms with E-state index in [1.807, 2.05) is 0 Å². The Hall–Kier alpha value is 0.570. The molecule has 2 unspecified atom stereocenters. The van der Waals surface area contributed by atoms with Crippen molar-refractivity contribution >= 4 is 70.8 Å². The van der Waals surface area contributed by atoms with Gasteiger partial charge in [0.25, 0.3) is 0 Å². The Morgan fingerprint density at radius 2 is 1.24 bits per heavy atom. The number of hydrogen-bond donors (Lipinski definition) is 2. The molecule has 2 nitrogen and oxygen atoms in total. The molecule has 0 amide bonds. The second-order valence-electron chi connectivity index (χ2n) is 4.52. The molecule has 0 aliphatic heterocycles. The lowest BCUT2D eigenvalue weighted by atomic mass is 10.4. The van der Waals surface area contributed by atoms with Gasteiger partial charge in [-0.3, -0.25) is 9.59 Å². The molecule has 0 saturated carbocycles. The summed E-state index contributed by atoms with van der Waals surface area (Å²) in [6.07, 6.45) is 0. The predicted molar refractivity (Wildman–Crippen MR) is 107 cm³/mol. The first-order valence-electron chi connectivity index (χ1n) is 6.34. The van der Waals surface area contributed by atoms with E-state index < -0.39 is 0 Å². The lowest BCUT2D eigenvalue weighted by molar-refractivity contribution is -0.108. The van der Waals surface area contributed by atoms with Crippen molar-refractivity contribution in [1.29, 1.82) is 0 Å². The highest BCUT2D eigenvalue weighted by molar-refractivity contribution is 8.16. The molecule has 0 aromatic rings. The second-order valence-corrected chi connectivity index (χ2v) is 8.87. The Morgan fingerprint density at radius 3 is 1.48 bits per heavy atom. The fourth-order valence-corrected chi connectivity index (χ4v) is 5.31. The minimum Gasteiger partial charge on any atom is -0.282 e. The van der Waals surface area contributed by atoms with Crippen LogP contribution < -0.4 is 0 Å². The molecular weight excluding hydrogens is 360 g/mol. The lowest BCUT2D eigenvalue weighted by Gasteiger charge is -2.16. The minimum atomic E-state index is 0.0206. The molecule has 0 aliphatic carbocycles. The minimum absolute atomic E-state index is 0.0206. The van der Waals surface area contributed by atoms with E-state index in [4.69, 9.17) is 0 Å². The Morgan fingerprint density at radius 1 is 0.905 bits per heavy atom. The molecule has 0 saturated heterocycles. The molecule has 0 heterocycles. The van der Waals surface area contributed by atoms with Crippen LogP contribution in [0.4, 0.5) is 0 Å². The topological polar surface area (TPSA) is 34.1 Å². The number of carbonyl (C=O) groups is 2. The quantitative estimate of drug-likeness (QED) is 0.441. The maximum absolute atomic E-state index is 11.6. The van der Waals surface area contributed by atoms with Crippen molar-refractivity contribution in [2.75, 3.05) is 23.0 Å². The number of thioether (sulfide) groups is 3. The van der Waals surface area contributed by atoms with Gasteiger partial charge in [0.1, 0.15) is 0 Å². The van der Waals surface area contributed by atoms with Crippen LogP contribution in [0.15, 0.2) is 24.3 Å². The second kappa shape index (κ2) is 12.0. The Balaban J connectivity index is 4.17. The summed E-state index contributed by atoms with van der Waals surface area (Å²) in [7, 11) is 0. The van der Waals surface area contributed by atoms with Crippen molar-refractivity contribution < 1.29 is 9.59 Å². The molecule has 21 heavy (non-hydrogen) atoms. The van der Waals surface area contributed by atoms with Crippen molar-refractivity contribution in [3.63, 3.8) is 0 Å². The van der Waals surface area contributed by atoms with E-state index in [1.165, 1.54) is 23.5 Å². The third-order valence-corrected chi connectivity index (χ3v) is 7.79. The number of hydrogen-bond acceptors (Lipinski definition) is 7. The summed E-state index contributed by atoms with van der Waals surface area (Å²) >= 11 is 12.9. The van der Waals surface area contributed by atoms with Gasteiger partial charge in [0.2, 0.25) is 10.2 Å². The van der Waals surface area contributed by atoms with Crippen LogP contribution in [0.5, 0.6) is 0 Å². The van der Waals surface area contributed by atoms with Gasteiger partial charge in [0, 0.05) is 33.5 Å². The monoisotopic (exact) mass is 382 g/mol. The van der Waals surface area contributed by atoms with E-state index in [2.05, 4.69) is 38.4 Å². The molecule has 120 valence electrons. The van der Waals surface area contributed by atoms with E-state index in [1.54, 1.807) is 25.6 Å². The maximum Gasteiger partial charge on any atom is 0.214 e. The maximum atomic E-state index is 11.6. The van der Waals surface area contributed by atoms with Gasteiger partial charge >= 0.3 is 0 Å². The fraction of sp³-hybridized carbons (Fsp3) is 0.571. The summed E-state index contributed by atoms with van der Waals surface area (Å²) in [5.74, 6) is 2.92. The van der Waals surface area contributed by atoms with Crippen LogP contribution in [0.25, 0.3) is 0 Å². The van der Waals surface area contributed by atoms with Gasteiger partial charge in [-0.1, -0.05) is 36.7 Å². The van der Waals surface area contributed by atoms with E-state index >= 15 is 0 Å². The van der Waals surface area contributed by atoms with E-state index in [9.17, 15) is 9.59 Å². The van der Waals surface area contributed by atoms with Gasteiger partial charge in [-0.25, -0.2) is 0 Å². The molecule has 0 radical (unpaired) electrons. The van der Waals surface area contributed by atoms with Crippen LogP contribution in [0.3, 0.4) is 0 Å². The molecule has 0 aliphatic rings. The average molecular weight is 383 g/mol. The SMILES string of the molecule is C=C(C)C(=O)SC(CS)CSCC(CS)SC(=O)C(=C)C. The van der Waals surface area contributed by atoms with Crippen LogP contribution in [0, 0.1) is 0 Å². The average Bonchev–Trinajstić information content (AvgIpc) is 2.44. The third-order valence-electron chi connectivity index (χ3n) is 2.26. The summed E-state index contributed by atoms with van der Waals surface area (Å²) < 4.78 is 0. The van der Waals surface area contributed by atoms with Crippen molar-refractivity contribution in [3.8, 4) is 0 Å². The molecule has 0 aromatic heterocycles. The summed E-state index contributed by atoms with van der Waals surface area (Å²) in [6.45, 7) is 10.7. The molecule has 0 rings (SSSR count). The van der Waals surface area contributed by atoms with Crippen LogP contribution in [0.1, 0.15) is 13.8 Å². The van der Waals surface area contributed by atoms with Gasteiger partial charge in [-0.05, 0) is 25.0 Å². The van der Waals surface area contributed by atoms with E-state index in [0.29, 0.717) is 22.7 Å². The molecule has 7 heteroatoms. The first kappa shape index (κ1) is 21.6. The number of carbonyl (C=O) groups excluding carboxylic acids is 2. The summed E-state index contributed by atoms with van der Waals surface area (Å²) in [6, 6.07) is 0. The van der Waals surface area contributed by atoms with Gasteiger partial charge in [0.05, 0.1) is 0 Å². The first-order valence-corrected chi connectivity index (χ1v) is 10.5. The lowest BCUT2D eigenvalue weighted by Crippen LogP contribution is -2.16. The third kappa shape index (κ3) is 10.0. The van der Waals surface area contributed by atoms with Crippen LogP contribution in [0.2, 0.25) is 0 Å². The van der Waals surface area contributed by atoms with Crippen LogP contribution in [-0.4, -0.2) is 43.7 Å². The van der Waals surface area contributed by atoms with Gasteiger partial charge in [-0.2, -0.15) is 37.0 Å². The standard InChI is InChI=1S/C14H22O2S5/c1-9(2)13(15)20-11(5-17)7-19-8-12(6-18)21-14(16)10(3)4/h11-12,17-18H,1,3,5-8H2,2,4H3.